The van der Waals surface area contributed by atoms with Crippen molar-refractivity contribution >= 4 is 40.6 Å². The molecule has 2 N–H and O–H groups in total. The van der Waals surface area contributed by atoms with Gasteiger partial charge in [-0.15, -0.1) is 0 Å². The van der Waals surface area contributed by atoms with E-state index in [0.717, 1.165) is 30.9 Å². The fraction of sp³-hybridized carbons (Fsp3) is 0.429. The van der Waals surface area contributed by atoms with Gasteiger partial charge < -0.3 is 10.6 Å². The molecule has 1 aliphatic heterocycles. The Kier molecular flexibility index (Phi) is 7.94. The first-order valence-corrected chi connectivity index (χ1v) is 11.7. The summed E-state index contributed by atoms with van der Waals surface area (Å²) in [6.45, 7) is 5.79. The van der Waals surface area contributed by atoms with E-state index in [4.69, 9.17) is 0 Å². The molecule has 1 aliphatic rings. The number of nitrogens with zero attached hydrogens (tertiary/aromatic N) is 1. The van der Waals surface area contributed by atoms with Crippen LogP contribution < -0.4 is 10.6 Å². The molecule has 2 heterocycles. The highest BCUT2D eigenvalue weighted by molar-refractivity contribution is 7.99. The average Bonchev–Trinajstić information content (AvgIpc) is 3.23. The molecule has 0 spiro atoms. The van der Waals surface area contributed by atoms with Crippen molar-refractivity contribution in [2.75, 3.05) is 36.5 Å². The van der Waals surface area contributed by atoms with Crippen molar-refractivity contribution < 1.29 is 9.59 Å². The predicted octanol–water partition coefficient (Wildman–Crippen LogP) is 3.75. The maximum absolute atomic E-state index is 12.2. The molecule has 0 saturated carbocycles. The zero-order chi connectivity index (χ0) is 19.8. The van der Waals surface area contributed by atoms with Crippen molar-refractivity contribution in [2.24, 2.45) is 0 Å². The third kappa shape index (κ3) is 6.36. The summed E-state index contributed by atoms with van der Waals surface area (Å²) in [5.74, 6) is 2.32. The van der Waals surface area contributed by atoms with Gasteiger partial charge in [-0.3, -0.25) is 14.5 Å². The number of rotatable bonds is 8. The number of carbonyl (C=O) groups excluding carboxylic acids is 2. The Morgan fingerprint density at radius 3 is 2.71 bits per heavy atom. The third-order valence-corrected chi connectivity index (χ3v) is 6.35. The van der Waals surface area contributed by atoms with Crippen LogP contribution in [0, 0.1) is 6.92 Å². The van der Waals surface area contributed by atoms with Crippen LogP contribution in [0.5, 0.6) is 0 Å². The number of hydrogen-bond acceptors (Lipinski definition) is 5. The number of anilines is 1. The quantitative estimate of drug-likeness (QED) is 0.642. The van der Waals surface area contributed by atoms with Crippen LogP contribution in [0.1, 0.15) is 34.3 Å². The molecule has 1 aromatic carbocycles. The summed E-state index contributed by atoms with van der Waals surface area (Å²) in [5.41, 5.74) is 3.92. The fourth-order valence-electron chi connectivity index (χ4n) is 3.14. The zero-order valence-electron chi connectivity index (χ0n) is 16.2. The lowest BCUT2D eigenvalue weighted by atomic mass is 10.1. The summed E-state index contributed by atoms with van der Waals surface area (Å²) in [6, 6.07) is 8.06. The molecule has 0 unspecified atom stereocenters. The van der Waals surface area contributed by atoms with E-state index in [1.807, 2.05) is 35.5 Å². The van der Waals surface area contributed by atoms with E-state index in [1.54, 1.807) is 6.07 Å². The number of benzene rings is 1. The van der Waals surface area contributed by atoms with Gasteiger partial charge in [0.25, 0.3) is 5.91 Å². The minimum atomic E-state index is -0.0830. The maximum atomic E-state index is 12.2. The number of carbonyl (C=O) groups is 2. The summed E-state index contributed by atoms with van der Waals surface area (Å²) in [4.78, 5) is 26.5. The van der Waals surface area contributed by atoms with Gasteiger partial charge >= 0.3 is 0 Å². The van der Waals surface area contributed by atoms with Gasteiger partial charge in [0.2, 0.25) is 5.91 Å². The summed E-state index contributed by atoms with van der Waals surface area (Å²) >= 11 is 3.52. The molecule has 1 aromatic heterocycles. The highest BCUT2D eigenvalue weighted by atomic mass is 32.2. The Labute approximate surface area is 174 Å². The number of thioether (sulfide) groups is 1. The SMILES string of the molecule is Cc1cc(CN2CCSCC2)ccc1NC(=O)CCCNC(=O)c1ccsc1. The van der Waals surface area contributed by atoms with Gasteiger partial charge in [-0.25, -0.2) is 0 Å². The lowest BCUT2D eigenvalue weighted by Gasteiger charge is -2.26. The summed E-state index contributed by atoms with van der Waals surface area (Å²) in [6.07, 6.45) is 1.00. The van der Waals surface area contributed by atoms with Crippen molar-refractivity contribution in [1.29, 1.82) is 0 Å². The Balaban J connectivity index is 1.40. The van der Waals surface area contributed by atoms with E-state index >= 15 is 0 Å². The predicted molar refractivity (Wildman–Crippen MR) is 118 cm³/mol. The van der Waals surface area contributed by atoms with E-state index in [9.17, 15) is 9.59 Å². The second kappa shape index (κ2) is 10.6. The highest BCUT2D eigenvalue weighted by Crippen LogP contribution is 2.19. The van der Waals surface area contributed by atoms with Gasteiger partial charge in [0, 0.05) is 60.7 Å². The number of nitrogens with one attached hydrogen (secondary N) is 2. The molecule has 1 fully saturated rings. The van der Waals surface area contributed by atoms with Crippen molar-refractivity contribution in [3.8, 4) is 0 Å². The monoisotopic (exact) mass is 417 g/mol. The highest BCUT2D eigenvalue weighted by Gasteiger charge is 2.12. The van der Waals surface area contributed by atoms with Crippen LogP contribution in [0.2, 0.25) is 0 Å². The fourth-order valence-corrected chi connectivity index (χ4v) is 4.76. The number of hydrogen-bond donors (Lipinski definition) is 2. The Bertz CT molecular complexity index is 787. The van der Waals surface area contributed by atoms with E-state index in [1.165, 1.54) is 28.4 Å². The smallest absolute Gasteiger partial charge is 0.252 e. The van der Waals surface area contributed by atoms with Crippen LogP contribution in [0.25, 0.3) is 0 Å². The van der Waals surface area contributed by atoms with Gasteiger partial charge in [-0.2, -0.15) is 23.1 Å². The Hall–Kier alpha value is -1.83. The van der Waals surface area contributed by atoms with E-state index in [0.29, 0.717) is 24.9 Å². The van der Waals surface area contributed by atoms with Gasteiger partial charge in [0.05, 0.1) is 0 Å². The Morgan fingerprint density at radius 2 is 2.00 bits per heavy atom. The molecule has 0 radical (unpaired) electrons. The lowest BCUT2D eigenvalue weighted by molar-refractivity contribution is -0.116. The minimum Gasteiger partial charge on any atom is -0.352 e. The number of amides is 2. The maximum Gasteiger partial charge on any atom is 0.252 e. The zero-order valence-corrected chi connectivity index (χ0v) is 17.8. The molecule has 2 amide bonds. The largest absolute Gasteiger partial charge is 0.352 e. The van der Waals surface area contributed by atoms with Crippen LogP contribution in [-0.2, 0) is 11.3 Å². The van der Waals surface area contributed by atoms with Crippen molar-refractivity contribution in [2.45, 2.75) is 26.3 Å². The average molecular weight is 418 g/mol. The molecule has 7 heteroatoms. The summed E-state index contributed by atoms with van der Waals surface area (Å²) < 4.78 is 0. The third-order valence-electron chi connectivity index (χ3n) is 4.72. The van der Waals surface area contributed by atoms with Crippen LogP contribution in [0.3, 0.4) is 0 Å². The molecule has 0 atom stereocenters. The summed E-state index contributed by atoms with van der Waals surface area (Å²) in [7, 11) is 0. The Morgan fingerprint density at radius 1 is 1.18 bits per heavy atom. The van der Waals surface area contributed by atoms with Gasteiger partial charge in [0.1, 0.15) is 0 Å². The van der Waals surface area contributed by atoms with Crippen molar-refractivity contribution in [1.82, 2.24) is 10.2 Å². The van der Waals surface area contributed by atoms with Crippen LogP contribution >= 0.6 is 23.1 Å². The number of aryl methyl sites for hydroxylation is 1. The van der Waals surface area contributed by atoms with Gasteiger partial charge in [-0.1, -0.05) is 12.1 Å². The second-order valence-electron chi connectivity index (χ2n) is 6.96. The van der Waals surface area contributed by atoms with E-state index < -0.39 is 0 Å². The van der Waals surface area contributed by atoms with Crippen LogP contribution in [0.15, 0.2) is 35.0 Å². The van der Waals surface area contributed by atoms with Crippen LogP contribution in [0.4, 0.5) is 5.69 Å². The molecule has 2 aromatic rings. The van der Waals surface area contributed by atoms with Crippen LogP contribution in [-0.4, -0.2) is 47.9 Å². The summed E-state index contributed by atoms with van der Waals surface area (Å²) in [5, 5.41) is 9.53. The van der Waals surface area contributed by atoms with Crippen molar-refractivity contribution in [3.63, 3.8) is 0 Å². The van der Waals surface area contributed by atoms with Gasteiger partial charge in [0.15, 0.2) is 0 Å². The second-order valence-corrected chi connectivity index (χ2v) is 8.96. The standard InChI is InChI=1S/C21H27N3O2S2/c1-16-13-17(14-24-8-11-27-12-9-24)4-5-19(16)23-20(25)3-2-7-22-21(26)18-6-10-28-15-18/h4-6,10,13,15H,2-3,7-9,11-12,14H2,1H3,(H,22,26)(H,23,25). The molecule has 28 heavy (non-hydrogen) atoms. The molecule has 0 aliphatic carbocycles. The molecular formula is C21H27N3O2S2. The molecule has 150 valence electrons. The molecule has 1 saturated heterocycles. The normalized spacial score (nSPS) is 14.6. The minimum absolute atomic E-state index is 0.0197. The van der Waals surface area contributed by atoms with Gasteiger partial charge in [-0.05, 0) is 42.0 Å². The van der Waals surface area contributed by atoms with E-state index in [2.05, 4.69) is 27.7 Å². The van der Waals surface area contributed by atoms with E-state index in [-0.39, 0.29) is 11.8 Å². The molecule has 0 bridgehead atoms. The first-order valence-electron chi connectivity index (χ1n) is 9.62. The number of thiophene rings is 1. The first kappa shape index (κ1) is 20.9. The van der Waals surface area contributed by atoms with Crippen molar-refractivity contribution in [3.05, 3.63) is 51.7 Å². The molecular weight excluding hydrogens is 390 g/mol. The topological polar surface area (TPSA) is 61.4 Å². The first-order chi connectivity index (χ1) is 13.6. The molecule has 5 nitrogen and oxygen atoms in total. The lowest BCUT2D eigenvalue weighted by Crippen LogP contribution is -2.31. The molecule has 3 rings (SSSR count).